The third-order valence-corrected chi connectivity index (χ3v) is 5.66. The third-order valence-electron chi connectivity index (χ3n) is 5.15. The van der Waals surface area contributed by atoms with E-state index in [1.54, 1.807) is 39.8 Å². The van der Waals surface area contributed by atoms with E-state index < -0.39 is 17.0 Å². The van der Waals surface area contributed by atoms with Crippen molar-refractivity contribution in [2.75, 3.05) is 0 Å². The molecule has 0 saturated heterocycles. The van der Waals surface area contributed by atoms with Gasteiger partial charge in [-0.2, -0.15) is 0 Å². The highest BCUT2D eigenvalue weighted by Gasteiger charge is 2.47. The third kappa shape index (κ3) is 3.81. The minimum absolute atomic E-state index is 0.142. The lowest BCUT2D eigenvalue weighted by molar-refractivity contribution is -0.158. The maximum atomic E-state index is 14.6. The van der Waals surface area contributed by atoms with Crippen LogP contribution >= 0.6 is 23.2 Å². The minimum atomic E-state index is -1.12. The summed E-state index contributed by atoms with van der Waals surface area (Å²) in [6.07, 6.45) is 0.623. The molecule has 1 aliphatic heterocycles. The highest BCUT2D eigenvalue weighted by molar-refractivity contribution is 6.36. The maximum absolute atomic E-state index is 14.6. The Kier molecular flexibility index (Phi) is 5.59. The van der Waals surface area contributed by atoms with Crippen LogP contribution in [0.5, 0.6) is 0 Å². The molecule has 0 bridgehead atoms. The first-order valence-corrected chi connectivity index (χ1v) is 10.1. The second-order valence-electron chi connectivity index (χ2n) is 8.15. The Morgan fingerprint density at radius 3 is 2.31 bits per heavy atom. The smallest absolute Gasteiger partial charge is 0.198 e. The summed E-state index contributed by atoms with van der Waals surface area (Å²) in [5.74, 6) is -1.03. The normalized spacial score (nSPS) is 18.3. The van der Waals surface area contributed by atoms with E-state index in [1.807, 2.05) is 13.0 Å². The van der Waals surface area contributed by atoms with E-state index in [2.05, 4.69) is 0 Å². The number of carbonyl (C=O) groups is 1. The van der Waals surface area contributed by atoms with Gasteiger partial charge in [-0.25, -0.2) is 4.39 Å². The number of halogens is 3. The molecular weight excluding hydrogens is 414 g/mol. The van der Waals surface area contributed by atoms with E-state index in [9.17, 15) is 14.3 Å². The second kappa shape index (κ2) is 7.42. The number of benzene rings is 2. The first-order valence-electron chi connectivity index (χ1n) is 9.36. The van der Waals surface area contributed by atoms with Gasteiger partial charge in [0.05, 0.1) is 10.6 Å². The van der Waals surface area contributed by atoms with E-state index in [-0.39, 0.29) is 32.7 Å². The predicted octanol–water partition coefficient (Wildman–Crippen LogP) is 6.79. The van der Waals surface area contributed by atoms with Gasteiger partial charge in [0.25, 0.3) is 0 Å². The molecule has 0 radical (unpaired) electrons. The quantitative estimate of drug-likeness (QED) is 0.575. The topological polar surface area (TPSA) is 46.5 Å². The fourth-order valence-corrected chi connectivity index (χ4v) is 4.36. The summed E-state index contributed by atoms with van der Waals surface area (Å²) in [4.78, 5) is 13.2. The molecule has 0 spiro atoms. The van der Waals surface area contributed by atoms with Crippen LogP contribution in [0.25, 0.3) is 16.7 Å². The van der Waals surface area contributed by atoms with Crippen LogP contribution in [-0.2, 0) is 16.0 Å². The van der Waals surface area contributed by atoms with Gasteiger partial charge in [0.1, 0.15) is 22.8 Å². The summed E-state index contributed by atoms with van der Waals surface area (Å²) < 4.78 is 20.5. The Hall–Kier alpha value is -1.88. The summed E-state index contributed by atoms with van der Waals surface area (Å²) in [5.41, 5.74) is 0.108. The molecule has 3 nitrogen and oxygen atoms in total. The average molecular weight is 437 g/mol. The van der Waals surface area contributed by atoms with Crippen molar-refractivity contribution in [3.63, 3.8) is 0 Å². The average Bonchev–Trinajstić information content (AvgIpc) is 2.59. The van der Waals surface area contributed by atoms with Crippen molar-refractivity contribution in [3.05, 3.63) is 63.1 Å². The van der Waals surface area contributed by atoms with Crippen molar-refractivity contribution in [1.29, 1.82) is 0 Å². The van der Waals surface area contributed by atoms with E-state index in [0.29, 0.717) is 17.5 Å². The SMILES string of the molecule is CCc1ccc(-c2c(F)cc(Cl)cc2Cl)cc1C1=C(O)C(C)(C)OC(C)(C)C1=O. The maximum Gasteiger partial charge on any atom is 0.198 e. The van der Waals surface area contributed by atoms with Gasteiger partial charge in [-0.05, 0) is 69.0 Å². The molecule has 0 aliphatic carbocycles. The van der Waals surface area contributed by atoms with Crippen LogP contribution in [0.2, 0.25) is 10.0 Å². The molecule has 0 fully saturated rings. The van der Waals surface area contributed by atoms with Crippen molar-refractivity contribution >= 4 is 34.6 Å². The van der Waals surface area contributed by atoms with E-state index in [1.165, 1.54) is 12.1 Å². The monoisotopic (exact) mass is 436 g/mol. The largest absolute Gasteiger partial charge is 0.508 e. The van der Waals surface area contributed by atoms with Gasteiger partial charge < -0.3 is 9.84 Å². The fraction of sp³-hybridized carbons (Fsp3) is 0.348. The molecule has 0 atom stereocenters. The summed E-state index contributed by atoms with van der Waals surface area (Å²) in [5, 5.41) is 11.3. The lowest BCUT2D eigenvalue weighted by Crippen LogP contribution is -2.49. The lowest BCUT2D eigenvalue weighted by atomic mass is 9.80. The summed E-state index contributed by atoms with van der Waals surface area (Å²) in [7, 11) is 0. The number of hydrogen-bond donors (Lipinski definition) is 1. The first-order chi connectivity index (χ1) is 13.4. The van der Waals surface area contributed by atoms with E-state index >= 15 is 0 Å². The van der Waals surface area contributed by atoms with Crippen LogP contribution in [0.15, 0.2) is 36.1 Å². The molecule has 2 aromatic carbocycles. The summed E-state index contributed by atoms with van der Waals surface area (Å²) >= 11 is 12.1. The Bertz CT molecular complexity index is 1020. The van der Waals surface area contributed by atoms with Crippen LogP contribution in [-0.4, -0.2) is 22.1 Å². The summed E-state index contributed by atoms with van der Waals surface area (Å²) in [6, 6.07) is 7.92. The molecular formula is C23H23Cl2FO3. The van der Waals surface area contributed by atoms with Crippen LogP contribution in [0.1, 0.15) is 45.7 Å². The molecule has 3 rings (SSSR count). The van der Waals surface area contributed by atoms with Crippen molar-refractivity contribution in [2.24, 2.45) is 0 Å². The molecule has 29 heavy (non-hydrogen) atoms. The van der Waals surface area contributed by atoms with Crippen molar-refractivity contribution in [2.45, 2.75) is 52.2 Å². The number of ketones is 1. The zero-order chi connectivity index (χ0) is 21.7. The van der Waals surface area contributed by atoms with E-state index in [4.69, 9.17) is 27.9 Å². The van der Waals surface area contributed by atoms with Gasteiger partial charge in [-0.1, -0.05) is 42.3 Å². The molecule has 0 amide bonds. The van der Waals surface area contributed by atoms with Crippen molar-refractivity contribution < 1.29 is 19.0 Å². The minimum Gasteiger partial charge on any atom is -0.508 e. The predicted molar refractivity (Wildman–Crippen MR) is 115 cm³/mol. The Morgan fingerprint density at radius 1 is 1.07 bits per heavy atom. The zero-order valence-electron chi connectivity index (χ0n) is 17.0. The standard InChI is InChI=1S/C23H23Cl2FO3/c1-6-12-7-8-13(18-16(25)10-14(24)11-17(18)26)9-15(12)19-20(27)22(2,3)29-23(4,5)21(19)28/h7-11,27H,6H2,1-5H3. The number of aliphatic hydroxyl groups excluding tert-OH is 1. The van der Waals surface area contributed by atoms with Crippen LogP contribution in [0, 0.1) is 5.82 Å². The molecule has 1 N–H and O–H groups in total. The molecule has 0 aromatic heterocycles. The van der Waals surface area contributed by atoms with Gasteiger partial charge in [-0.3, -0.25) is 4.79 Å². The first kappa shape index (κ1) is 21.8. The van der Waals surface area contributed by atoms with Crippen molar-refractivity contribution in [1.82, 2.24) is 0 Å². The van der Waals surface area contributed by atoms with E-state index in [0.717, 1.165) is 5.56 Å². The molecule has 1 aliphatic rings. The zero-order valence-corrected chi connectivity index (χ0v) is 18.5. The lowest BCUT2D eigenvalue weighted by Gasteiger charge is -2.40. The highest BCUT2D eigenvalue weighted by atomic mass is 35.5. The highest BCUT2D eigenvalue weighted by Crippen LogP contribution is 2.42. The Balaban J connectivity index is 2.31. The van der Waals surface area contributed by atoms with Crippen molar-refractivity contribution in [3.8, 4) is 11.1 Å². The molecule has 6 heteroatoms. The van der Waals surface area contributed by atoms with Gasteiger partial charge >= 0.3 is 0 Å². The fourth-order valence-electron chi connectivity index (χ4n) is 3.78. The van der Waals surface area contributed by atoms with Crippen LogP contribution in [0.3, 0.4) is 0 Å². The Labute approximate surface area is 180 Å². The number of Topliss-reactive ketones (excluding diaryl/α,β-unsaturated/α-hetero) is 1. The number of rotatable bonds is 3. The molecule has 154 valence electrons. The van der Waals surface area contributed by atoms with Gasteiger partial charge in [0.15, 0.2) is 5.78 Å². The number of aliphatic hydroxyl groups is 1. The number of ether oxygens (including phenoxy) is 1. The van der Waals surface area contributed by atoms with Crippen LogP contribution in [0.4, 0.5) is 4.39 Å². The molecule has 1 heterocycles. The number of aryl methyl sites for hydroxylation is 1. The Morgan fingerprint density at radius 2 is 1.72 bits per heavy atom. The van der Waals surface area contributed by atoms with Gasteiger partial charge in [0, 0.05) is 10.6 Å². The van der Waals surface area contributed by atoms with Gasteiger partial charge in [-0.15, -0.1) is 0 Å². The van der Waals surface area contributed by atoms with Crippen LogP contribution < -0.4 is 0 Å². The molecule has 0 unspecified atom stereocenters. The number of hydrogen-bond acceptors (Lipinski definition) is 3. The number of carbonyl (C=O) groups excluding carboxylic acids is 1. The molecule has 2 aromatic rings. The molecule has 0 saturated carbocycles. The summed E-state index contributed by atoms with van der Waals surface area (Å²) in [6.45, 7) is 8.72. The second-order valence-corrected chi connectivity index (χ2v) is 8.99. The van der Waals surface area contributed by atoms with Gasteiger partial charge in [0.2, 0.25) is 0 Å².